The van der Waals surface area contributed by atoms with Crippen LogP contribution in [0.4, 0.5) is 5.69 Å². The van der Waals surface area contributed by atoms with E-state index in [1.807, 2.05) is 26.0 Å². The molecule has 1 saturated carbocycles. The topological polar surface area (TPSA) is 69.7 Å². The third kappa shape index (κ3) is 4.69. The zero-order valence-electron chi connectivity index (χ0n) is 17.1. The van der Waals surface area contributed by atoms with Gasteiger partial charge in [0.25, 0.3) is 0 Å². The first-order valence-electron chi connectivity index (χ1n) is 10.6. The molecule has 0 unspecified atom stereocenters. The average Bonchev–Trinajstić information content (AvgIpc) is 2.66. The first-order chi connectivity index (χ1) is 13.5. The highest BCUT2D eigenvalue weighted by molar-refractivity contribution is 7.89. The van der Waals surface area contributed by atoms with Crippen molar-refractivity contribution in [2.75, 3.05) is 37.6 Å². The smallest absolute Gasteiger partial charge is 0.243 e. The van der Waals surface area contributed by atoms with E-state index in [-0.39, 0.29) is 11.8 Å². The predicted molar refractivity (Wildman–Crippen MR) is 112 cm³/mol. The Kier molecular flexibility index (Phi) is 6.99. The Bertz CT molecular complexity index is 748. The maximum atomic E-state index is 12.6. The molecule has 0 bridgehead atoms. The lowest BCUT2D eigenvalue weighted by Crippen LogP contribution is -2.41. The van der Waals surface area contributed by atoms with Crippen LogP contribution in [0.25, 0.3) is 0 Å². The number of nitrogens with one attached hydrogen (secondary N) is 1. The van der Waals surface area contributed by atoms with E-state index in [1.165, 1.54) is 10.7 Å². The van der Waals surface area contributed by atoms with Crippen molar-refractivity contribution >= 4 is 21.6 Å². The number of benzene rings is 1. The van der Waals surface area contributed by atoms with Crippen molar-refractivity contribution in [1.82, 2.24) is 9.62 Å². The van der Waals surface area contributed by atoms with Crippen molar-refractivity contribution < 1.29 is 13.2 Å². The van der Waals surface area contributed by atoms with Gasteiger partial charge in [-0.05, 0) is 55.9 Å². The predicted octanol–water partition coefficient (Wildman–Crippen LogP) is 2.85. The van der Waals surface area contributed by atoms with Gasteiger partial charge in [0.1, 0.15) is 0 Å². The Hall–Kier alpha value is -1.60. The van der Waals surface area contributed by atoms with Crippen LogP contribution in [-0.2, 0) is 14.8 Å². The van der Waals surface area contributed by atoms with Crippen LogP contribution in [-0.4, -0.2) is 51.4 Å². The fraction of sp³-hybridized carbons (Fsp3) is 0.667. The van der Waals surface area contributed by atoms with E-state index in [0.29, 0.717) is 23.9 Å². The lowest BCUT2D eigenvalue weighted by molar-refractivity contribution is -0.127. The molecular weight excluding hydrogens is 374 g/mol. The first-order valence-corrected chi connectivity index (χ1v) is 12.0. The number of carbonyl (C=O) groups is 1. The van der Waals surface area contributed by atoms with Gasteiger partial charge in [-0.2, -0.15) is 4.31 Å². The number of anilines is 1. The number of nitrogens with zero attached hydrogens (tertiary/aromatic N) is 2. The minimum absolute atomic E-state index is 0.235. The van der Waals surface area contributed by atoms with Crippen LogP contribution in [0, 0.1) is 11.8 Å². The summed E-state index contributed by atoms with van der Waals surface area (Å²) in [5, 5.41) is 3.13. The van der Waals surface area contributed by atoms with Crippen LogP contribution in [0.5, 0.6) is 0 Å². The number of sulfonamides is 1. The van der Waals surface area contributed by atoms with Crippen molar-refractivity contribution in [1.29, 1.82) is 0 Å². The molecule has 3 rings (SSSR count). The molecule has 0 aromatic heterocycles. The summed E-state index contributed by atoms with van der Waals surface area (Å²) in [4.78, 5) is 14.6. The molecule has 1 aliphatic carbocycles. The molecule has 1 saturated heterocycles. The minimum Gasteiger partial charge on any atom is -0.372 e. The van der Waals surface area contributed by atoms with Crippen LogP contribution in [0.15, 0.2) is 29.2 Å². The number of piperidine rings is 1. The number of hydrogen-bond donors (Lipinski definition) is 1. The van der Waals surface area contributed by atoms with Crippen LogP contribution in [0.1, 0.15) is 46.0 Å². The van der Waals surface area contributed by atoms with E-state index in [2.05, 4.69) is 10.2 Å². The third-order valence-electron chi connectivity index (χ3n) is 6.20. The van der Waals surface area contributed by atoms with Crippen molar-refractivity contribution in [2.24, 2.45) is 11.8 Å². The number of carbonyl (C=O) groups excluding carboxylic acids is 1. The van der Waals surface area contributed by atoms with Crippen molar-refractivity contribution in [3.05, 3.63) is 24.3 Å². The normalized spacial score (nSPS) is 18.9. The fourth-order valence-electron chi connectivity index (χ4n) is 4.00. The minimum atomic E-state index is -3.40. The Morgan fingerprint density at radius 3 is 2.18 bits per heavy atom. The summed E-state index contributed by atoms with van der Waals surface area (Å²) in [5.74, 6) is 1.02. The molecule has 2 fully saturated rings. The van der Waals surface area contributed by atoms with Crippen LogP contribution < -0.4 is 10.2 Å². The molecule has 1 heterocycles. The lowest BCUT2D eigenvalue weighted by Gasteiger charge is -2.34. The highest BCUT2D eigenvalue weighted by Gasteiger charge is 2.27. The lowest BCUT2D eigenvalue weighted by atomic mass is 9.84. The second kappa shape index (κ2) is 9.27. The molecule has 1 aromatic rings. The van der Waals surface area contributed by atoms with Gasteiger partial charge in [-0.15, -0.1) is 0 Å². The van der Waals surface area contributed by atoms with Gasteiger partial charge in [-0.25, -0.2) is 8.42 Å². The highest BCUT2D eigenvalue weighted by Crippen LogP contribution is 2.27. The van der Waals surface area contributed by atoms with Crippen LogP contribution in [0.3, 0.4) is 0 Å². The molecule has 0 radical (unpaired) electrons. The van der Waals surface area contributed by atoms with Gasteiger partial charge in [-0.1, -0.05) is 20.3 Å². The largest absolute Gasteiger partial charge is 0.372 e. The summed E-state index contributed by atoms with van der Waals surface area (Å²) in [5.41, 5.74) is 1.07. The number of rotatable bonds is 8. The zero-order valence-corrected chi connectivity index (χ0v) is 17.9. The third-order valence-corrected chi connectivity index (χ3v) is 8.26. The summed E-state index contributed by atoms with van der Waals surface area (Å²) in [6.45, 7) is 7.32. The van der Waals surface area contributed by atoms with Crippen molar-refractivity contribution in [3.8, 4) is 0 Å². The Labute approximate surface area is 169 Å². The maximum Gasteiger partial charge on any atom is 0.243 e. The molecular formula is C21H33N3O3S. The van der Waals surface area contributed by atoms with E-state index >= 15 is 0 Å². The highest BCUT2D eigenvalue weighted by atomic mass is 32.2. The van der Waals surface area contributed by atoms with Crippen LogP contribution >= 0.6 is 0 Å². The average molecular weight is 408 g/mol. The summed E-state index contributed by atoms with van der Waals surface area (Å²) in [6.07, 6.45) is 5.37. The van der Waals surface area contributed by atoms with E-state index in [9.17, 15) is 13.2 Å². The fourth-order valence-corrected chi connectivity index (χ4v) is 5.45. The quantitative estimate of drug-likeness (QED) is 0.719. The molecule has 7 heteroatoms. The molecule has 0 atom stereocenters. The number of hydrogen-bond acceptors (Lipinski definition) is 4. The molecule has 1 aliphatic heterocycles. The second-order valence-corrected chi connectivity index (χ2v) is 9.82. The van der Waals surface area contributed by atoms with E-state index in [0.717, 1.165) is 51.0 Å². The van der Waals surface area contributed by atoms with Crippen molar-refractivity contribution in [3.63, 3.8) is 0 Å². The SMILES string of the molecule is CCN(CC)S(=O)(=O)c1ccc(N2CCC(CNC(=O)C3CCC3)CC2)cc1. The van der Waals surface area contributed by atoms with E-state index in [1.54, 1.807) is 12.1 Å². The van der Waals surface area contributed by atoms with Gasteiger partial charge in [0, 0.05) is 44.3 Å². The van der Waals surface area contributed by atoms with Gasteiger partial charge in [0.05, 0.1) is 4.90 Å². The van der Waals surface area contributed by atoms with Gasteiger partial charge in [-0.3, -0.25) is 4.79 Å². The molecule has 1 amide bonds. The molecule has 1 N–H and O–H groups in total. The van der Waals surface area contributed by atoms with Gasteiger partial charge in [0.15, 0.2) is 0 Å². The first kappa shape index (κ1) is 21.1. The molecule has 1 aromatic carbocycles. The van der Waals surface area contributed by atoms with Crippen LogP contribution in [0.2, 0.25) is 0 Å². The molecule has 28 heavy (non-hydrogen) atoms. The van der Waals surface area contributed by atoms with Gasteiger partial charge >= 0.3 is 0 Å². The van der Waals surface area contributed by atoms with Gasteiger partial charge < -0.3 is 10.2 Å². The second-order valence-electron chi connectivity index (χ2n) is 7.89. The molecule has 2 aliphatic rings. The number of amides is 1. The standard InChI is InChI=1S/C21H33N3O3S/c1-3-24(4-2)28(26,27)20-10-8-19(9-11-20)23-14-12-17(13-15-23)16-22-21(25)18-6-5-7-18/h8-11,17-18H,3-7,12-16H2,1-2H3,(H,22,25). The Morgan fingerprint density at radius 2 is 1.68 bits per heavy atom. The van der Waals surface area contributed by atoms with Crippen molar-refractivity contribution in [2.45, 2.75) is 50.8 Å². The van der Waals surface area contributed by atoms with E-state index < -0.39 is 10.0 Å². The molecule has 156 valence electrons. The summed E-state index contributed by atoms with van der Waals surface area (Å²) in [7, 11) is -3.40. The monoisotopic (exact) mass is 407 g/mol. The maximum absolute atomic E-state index is 12.6. The summed E-state index contributed by atoms with van der Waals surface area (Å²) >= 11 is 0. The molecule has 0 spiro atoms. The Balaban J connectivity index is 1.51. The summed E-state index contributed by atoms with van der Waals surface area (Å²) in [6, 6.07) is 7.26. The van der Waals surface area contributed by atoms with Gasteiger partial charge in [0.2, 0.25) is 15.9 Å². The molecule has 6 nitrogen and oxygen atoms in total. The zero-order chi connectivity index (χ0) is 20.1. The Morgan fingerprint density at radius 1 is 1.07 bits per heavy atom. The summed E-state index contributed by atoms with van der Waals surface area (Å²) < 4.78 is 26.7. The van der Waals surface area contributed by atoms with E-state index in [4.69, 9.17) is 0 Å².